The van der Waals surface area contributed by atoms with Crippen LogP contribution in [0.3, 0.4) is 0 Å². The van der Waals surface area contributed by atoms with Gasteiger partial charge >= 0.3 is 6.03 Å². The fourth-order valence-electron chi connectivity index (χ4n) is 2.08. The van der Waals surface area contributed by atoms with Crippen LogP contribution in [0.5, 0.6) is 0 Å². The van der Waals surface area contributed by atoms with Crippen LogP contribution in [0.25, 0.3) is 0 Å². The maximum atomic E-state index is 12.1. The summed E-state index contributed by atoms with van der Waals surface area (Å²) in [6, 6.07) is 9.40. The molecule has 2 rings (SSSR count). The van der Waals surface area contributed by atoms with E-state index in [9.17, 15) is 4.79 Å². The van der Waals surface area contributed by atoms with Crippen LogP contribution in [0.2, 0.25) is 0 Å². The summed E-state index contributed by atoms with van der Waals surface area (Å²) in [6.45, 7) is 4.77. The molecular weight excluding hydrogens is 264 g/mol. The van der Waals surface area contributed by atoms with Crippen molar-refractivity contribution in [2.75, 3.05) is 6.54 Å². The molecule has 5 heteroatoms. The van der Waals surface area contributed by atoms with Crippen LogP contribution in [-0.2, 0) is 7.05 Å². The highest BCUT2D eigenvalue weighted by Gasteiger charge is 2.20. The van der Waals surface area contributed by atoms with Gasteiger partial charge in [0.05, 0.1) is 0 Å². The second-order valence-corrected chi connectivity index (χ2v) is 5.49. The Hall–Kier alpha value is -2.30. The molecular formula is C16H22N4O. The third-order valence-electron chi connectivity index (χ3n) is 3.20. The molecule has 21 heavy (non-hydrogen) atoms. The molecule has 1 aromatic carbocycles. The number of urea groups is 1. The number of aryl methyl sites for hydroxylation is 1. The molecule has 112 valence electrons. The van der Waals surface area contributed by atoms with Gasteiger partial charge in [0.2, 0.25) is 0 Å². The van der Waals surface area contributed by atoms with Gasteiger partial charge in [0.15, 0.2) is 0 Å². The van der Waals surface area contributed by atoms with Crippen molar-refractivity contribution in [2.24, 2.45) is 13.0 Å². The molecule has 0 fully saturated rings. The van der Waals surface area contributed by atoms with Crippen molar-refractivity contribution in [3.05, 3.63) is 54.1 Å². The molecule has 0 radical (unpaired) electrons. The number of aromatic nitrogens is 2. The molecule has 2 amide bonds. The van der Waals surface area contributed by atoms with Crippen molar-refractivity contribution < 1.29 is 4.79 Å². The highest BCUT2D eigenvalue weighted by atomic mass is 16.2. The minimum Gasteiger partial charge on any atom is -0.338 e. The first-order valence-electron chi connectivity index (χ1n) is 7.14. The number of nitrogens with one attached hydrogen (secondary N) is 2. The number of benzene rings is 1. The van der Waals surface area contributed by atoms with Crippen LogP contribution in [-0.4, -0.2) is 22.1 Å². The Bertz CT molecular complexity index is 577. The third-order valence-corrected chi connectivity index (χ3v) is 3.20. The zero-order valence-corrected chi connectivity index (χ0v) is 12.7. The van der Waals surface area contributed by atoms with Crippen LogP contribution in [0, 0.1) is 5.92 Å². The number of hydrogen-bond acceptors (Lipinski definition) is 2. The lowest BCUT2D eigenvalue weighted by atomic mass is 10.1. The summed E-state index contributed by atoms with van der Waals surface area (Å²) in [6.07, 6.45) is 3.61. The Kier molecular flexibility index (Phi) is 4.98. The predicted molar refractivity (Wildman–Crippen MR) is 82.9 cm³/mol. The van der Waals surface area contributed by atoms with Gasteiger partial charge in [0, 0.05) is 26.0 Å². The molecule has 1 atom stereocenters. The molecule has 0 saturated heterocycles. The lowest BCUT2D eigenvalue weighted by Gasteiger charge is -2.20. The number of carbonyl (C=O) groups excluding carboxylic acids is 1. The largest absolute Gasteiger partial charge is 0.338 e. The van der Waals surface area contributed by atoms with Gasteiger partial charge < -0.3 is 15.2 Å². The van der Waals surface area contributed by atoms with Crippen LogP contribution >= 0.6 is 0 Å². The van der Waals surface area contributed by atoms with Gasteiger partial charge in [-0.15, -0.1) is 0 Å². The molecule has 0 aliphatic carbocycles. The second-order valence-electron chi connectivity index (χ2n) is 5.49. The lowest BCUT2D eigenvalue weighted by molar-refractivity contribution is 0.237. The summed E-state index contributed by atoms with van der Waals surface area (Å²) in [5, 5.41) is 5.88. The standard InChI is InChI=1S/C16H22N4O/c1-12(2)11-18-16(21)19-14(13-7-5-4-6-8-13)15-17-9-10-20(15)3/h4-10,12,14H,11H2,1-3H3,(H2,18,19,21). The molecule has 1 unspecified atom stereocenters. The minimum absolute atomic E-state index is 0.180. The van der Waals surface area contributed by atoms with Gasteiger partial charge in [-0.1, -0.05) is 44.2 Å². The number of carbonyl (C=O) groups is 1. The molecule has 0 bridgehead atoms. The third kappa shape index (κ3) is 4.08. The summed E-state index contributed by atoms with van der Waals surface area (Å²) >= 11 is 0. The zero-order chi connectivity index (χ0) is 15.2. The average molecular weight is 286 g/mol. The van der Waals surface area contributed by atoms with Gasteiger partial charge in [-0.25, -0.2) is 9.78 Å². The topological polar surface area (TPSA) is 59.0 Å². The Morgan fingerprint density at radius 1 is 1.29 bits per heavy atom. The van der Waals surface area contributed by atoms with Crippen molar-refractivity contribution in [3.8, 4) is 0 Å². The molecule has 2 aromatic rings. The normalized spacial score (nSPS) is 12.2. The summed E-state index contributed by atoms with van der Waals surface area (Å²) < 4.78 is 1.92. The number of imidazole rings is 1. The summed E-state index contributed by atoms with van der Waals surface area (Å²) in [5.74, 6) is 1.22. The van der Waals surface area contributed by atoms with Gasteiger partial charge in [-0.05, 0) is 11.5 Å². The van der Waals surface area contributed by atoms with Crippen molar-refractivity contribution in [2.45, 2.75) is 19.9 Å². The smallest absolute Gasteiger partial charge is 0.315 e. The van der Waals surface area contributed by atoms with Crippen LogP contribution in [0.4, 0.5) is 4.79 Å². The van der Waals surface area contributed by atoms with E-state index >= 15 is 0 Å². The van der Waals surface area contributed by atoms with E-state index in [0.29, 0.717) is 12.5 Å². The van der Waals surface area contributed by atoms with E-state index in [2.05, 4.69) is 29.5 Å². The van der Waals surface area contributed by atoms with E-state index < -0.39 is 0 Å². The number of rotatable bonds is 5. The van der Waals surface area contributed by atoms with E-state index in [0.717, 1.165) is 11.4 Å². The van der Waals surface area contributed by atoms with Crippen molar-refractivity contribution in [1.82, 2.24) is 20.2 Å². The average Bonchev–Trinajstić information content (AvgIpc) is 2.89. The SMILES string of the molecule is CC(C)CNC(=O)NC(c1ccccc1)c1nccn1C. The number of amides is 2. The molecule has 0 spiro atoms. The van der Waals surface area contributed by atoms with E-state index in [1.165, 1.54) is 0 Å². The molecule has 0 aliphatic heterocycles. The fourth-order valence-corrected chi connectivity index (χ4v) is 2.08. The molecule has 2 N–H and O–H groups in total. The maximum absolute atomic E-state index is 12.1. The molecule has 5 nitrogen and oxygen atoms in total. The Labute approximate surface area is 125 Å². The first kappa shape index (κ1) is 15.1. The molecule has 0 saturated carbocycles. The number of nitrogens with zero attached hydrogens (tertiary/aromatic N) is 2. The number of hydrogen-bond donors (Lipinski definition) is 2. The Balaban J connectivity index is 2.18. The van der Waals surface area contributed by atoms with Crippen molar-refractivity contribution in [1.29, 1.82) is 0 Å². The van der Waals surface area contributed by atoms with Gasteiger partial charge in [0.25, 0.3) is 0 Å². The van der Waals surface area contributed by atoms with Gasteiger partial charge in [-0.2, -0.15) is 0 Å². The zero-order valence-electron chi connectivity index (χ0n) is 12.7. The Morgan fingerprint density at radius 3 is 2.57 bits per heavy atom. The first-order valence-corrected chi connectivity index (χ1v) is 7.14. The molecule has 1 heterocycles. The van der Waals surface area contributed by atoms with Crippen LogP contribution in [0.1, 0.15) is 31.3 Å². The summed E-state index contributed by atoms with van der Waals surface area (Å²) in [7, 11) is 1.92. The van der Waals surface area contributed by atoms with E-state index in [-0.39, 0.29) is 12.1 Å². The summed E-state index contributed by atoms with van der Waals surface area (Å²) in [5.41, 5.74) is 1.01. The monoisotopic (exact) mass is 286 g/mol. The van der Waals surface area contributed by atoms with Gasteiger partial charge in [-0.3, -0.25) is 0 Å². The summed E-state index contributed by atoms with van der Waals surface area (Å²) in [4.78, 5) is 16.4. The lowest BCUT2D eigenvalue weighted by Crippen LogP contribution is -2.40. The fraction of sp³-hybridized carbons (Fsp3) is 0.375. The van der Waals surface area contributed by atoms with Crippen LogP contribution in [0.15, 0.2) is 42.7 Å². The van der Waals surface area contributed by atoms with Crippen LogP contribution < -0.4 is 10.6 Å². The first-order chi connectivity index (χ1) is 10.1. The van der Waals surface area contributed by atoms with Crippen molar-refractivity contribution in [3.63, 3.8) is 0 Å². The molecule has 1 aromatic heterocycles. The van der Waals surface area contributed by atoms with Gasteiger partial charge in [0.1, 0.15) is 11.9 Å². The van der Waals surface area contributed by atoms with E-state index in [4.69, 9.17) is 0 Å². The van der Waals surface area contributed by atoms with E-state index in [1.807, 2.05) is 48.1 Å². The highest BCUT2D eigenvalue weighted by Crippen LogP contribution is 2.19. The Morgan fingerprint density at radius 2 is 2.00 bits per heavy atom. The highest BCUT2D eigenvalue weighted by molar-refractivity contribution is 5.74. The molecule has 0 aliphatic rings. The quantitative estimate of drug-likeness (QED) is 0.887. The minimum atomic E-state index is -0.265. The van der Waals surface area contributed by atoms with Crippen molar-refractivity contribution >= 4 is 6.03 Å². The maximum Gasteiger partial charge on any atom is 0.315 e. The van der Waals surface area contributed by atoms with E-state index in [1.54, 1.807) is 6.20 Å². The predicted octanol–water partition coefficient (Wildman–Crippen LogP) is 2.46. The second kappa shape index (κ2) is 6.92.